The molecule has 1 aliphatic rings. The summed E-state index contributed by atoms with van der Waals surface area (Å²) in [6.07, 6.45) is 2.48. The van der Waals surface area contributed by atoms with E-state index in [-0.39, 0.29) is 6.04 Å². The van der Waals surface area contributed by atoms with Gasteiger partial charge < -0.3 is 10.2 Å². The van der Waals surface area contributed by atoms with Crippen molar-refractivity contribution in [3.05, 3.63) is 17.8 Å². The number of hydrogen-bond donors (Lipinski definition) is 1. The maximum absolute atomic E-state index is 5.64. The quantitative estimate of drug-likeness (QED) is 0.647. The van der Waals surface area contributed by atoms with E-state index in [4.69, 9.17) is 10.2 Å². The van der Waals surface area contributed by atoms with Crippen LogP contribution in [0.15, 0.2) is 10.8 Å². The van der Waals surface area contributed by atoms with Crippen LogP contribution in [0.25, 0.3) is 0 Å². The summed E-state index contributed by atoms with van der Waals surface area (Å²) in [5, 5.41) is 0. The Bertz CT molecular complexity index is 271. The largest absolute Gasteiger partial charge is 0.446 e. The van der Waals surface area contributed by atoms with E-state index in [9.17, 15) is 0 Å². The monoisotopic (exact) mass is 167 g/mol. The van der Waals surface area contributed by atoms with Crippen LogP contribution in [0.1, 0.15) is 17.5 Å². The first-order valence-electron chi connectivity index (χ1n) is 4.15. The minimum atomic E-state index is 0.219. The minimum Gasteiger partial charge on any atom is -0.446 e. The van der Waals surface area contributed by atoms with Crippen LogP contribution < -0.4 is 5.73 Å². The predicted octanol–water partition coefficient (Wildman–Crippen LogP) is 0.162. The van der Waals surface area contributed by atoms with Crippen LogP contribution in [0.3, 0.4) is 0 Å². The number of nitrogens with two attached hydrogens (primary N) is 1. The maximum atomic E-state index is 5.64. The maximum Gasteiger partial charge on any atom is 0.181 e. The lowest BCUT2D eigenvalue weighted by Gasteiger charge is -2.29. The molecule has 2 heterocycles. The zero-order valence-corrected chi connectivity index (χ0v) is 7.16. The van der Waals surface area contributed by atoms with Crippen LogP contribution in [0.2, 0.25) is 0 Å². The summed E-state index contributed by atoms with van der Waals surface area (Å²) in [6, 6.07) is 0.219. The first kappa shape index (κ1) is 7.76. The second kappa shape index (κ2) is 2.88. The Balaban J connectivity index is 2.34. The summed E-state index contributed by atoms with van der Waals surface area (Å²) in [5.74, 6) is 0.950. The van der Waals surface area contributed by atoms with Gasteiger partial charge in [-0.2, -0.15) is 0 Å². The van der Waals surface area contributed by atoms with Gasteiger partial charge in [-0.25, -0.2) is 4.98 Å². The van der Waals surface area contributed by atoms with Crippen LogP contribution in [0.5, 0.6) is 0 Å². The van der Waals surface area contributed by atoms with E-state index in [1.165, 1.54) is 6.39 Å². The molecule has 1 unspecified atom stereocenters. The average Bonchev–Trinajstić information content (AvgIpc) is 2.52. The molecule has 0 spiro atoms. The van der Waals surface area contributed by atoms with Crippen LogP contribution in [-0.2, 0) is 6.42 Å². The molecule has 1 aromatic rings. The Labute approximate surface area is 71.4 Å². The van der Waals surface area contributed by atoms with Crippen molar-refractivity contribution < 1.29 is 4.42 Å². The van der Waals surface area contributed by atoms with E-state index in [2.05, 4.69) is 16.9 Å². The van der Waals surface area contributed by atoms with E-state index >= 15 is 0 Å². The van der Waals surface area contributed by atoms with E-state index in [1.54, 1.807) is 0 Å². The summed E-state index contributed by atoms with van der Waals surface area (Å²) in [7, 11) is 2.06. The first-order chi connectivity index (χ1) is 5.83. The summed E-state index contributed by atoms with van der Waals surface area (Å²) in [6.45, 7) is 1.61. The highest BCUT2D eigenvalue weighted by atomic mass is 16.3. The molecule has 0 fully saturated rings. The lowest BCUT2D eigenvalue weighted by molar-refractivity contribution is 0.204. The molecule has 1 atom stereocenters. The highest BCUT2D eigenvalue weighted by Crippen LogP contribution is 2.26. The van der Waals surface area contributed by atoms with Gasteiger partial charge in [0.15, 0.2) is 6.39 Å². The Morgan fingerprint density at radius 3 is 3.42 bits per heavy atom. The predicted molar refractivity (Wildman–Crippen MR) is 44.6 cm³/mol. The second-order valence-corrected chi connectivity index (χ2v) is 3.15. The zero-order valence-electron chi connectivity index (χ0n) is 7.16. The number of oxazole rings is 1. The molecule has 66 valence electrons. The number of nitrogens with zero attached hydrogens (tertiary/aromatic N) is 2. The molecule has 0 saturated heterocycles. The van der Waals surface area contributed by atoms with Crippen LogP contribution >= 0.6 is 0 Å². The molecule has 0 radical (unpaired) electrons. The van der Waals surface area contributed by atoms with E-state index in [1.807, 2.05) is 0 Å². The standard InChI is InChI=1S/C8H13N3O/c1-11-3-2-6-8(7(11)4-9)12-5-10-6/h5,7H,2-4,9H2,1H3. The molecule has 1 aromatic heterocycles. The van der Waals surface area contributed by atoms with Crippen molar-refractivity contribution in [2.24, 2.45) is 5.73 Å². The lowest BCUT2D eigenvalue weighted by atomic mass is 10.1. The van der Waals surface area contributed by atoms with Crippen LogP contribution in [0, 0.1) is 0 Å². The first-order valence-corrected chi connectivity index (χ1v) is 4.15. The van der Waals surface area contributed by atoms with Gasteiger partial charge >= 0.3 is 0 Å². The van der Waals surface area contributed by atoms with Crippen molar-refractivity contribution in [3.63, 3.8) is 0 Å². The molecule has 0 bridgehead atoms. The Hall–Kier alpha value is -0.870. The Kier molecular flexibility index (Phi) is 1.86. The molecule has 0 amide bonds. The number of likely N-dealkylation sites (N-methyl/N-ethyl adjacent to an activating group) is 1. The van der Waals surface area contributed by atoms with Gasteiger partial charge in [-0.15, -0.1) is 0 Å². The van der Waals surface area contributed by atoms with Gasteiger partial charge in [0, 0.05) is 19.5 Å². The second-order valence-electron chi connectivity index (χ2n) is 3.15. The molecular formula is C8H13N3O. The van der Waals surface area contributed by atoms with Crippen LogP contribution in [-0.4, -0.2) is 30.0 Å². The Morgan fingerprint density at radius 2 is 2.67 bits per heavy atom. The normalized spacial score (nSPS) is 24.0. The van der Waals surface area contributed by atoms with Crippen molar-refractivity contribution >= 4 is 0 Å². The minimum absolute atomic E-state index is 0.219. The van der Waals surface area contributed by atoms with Gasteiger partial charge in [0.25, 0.3) is 0 Å². The third kappa shape index (κ3) is 1.04. The summed E-state index contributed by atoms with van der Waals surface area (Å²) in [5.41, 5.74) is 6.71. The van der Waals surface area contributed by atoms with E-state index in [0.717, 1.165) is 24.4 Å². The molecule has 0 aromatic carbocycles. The highest BCUT2D eigenvalue weighted by molar-refractivity contribution is 5.16. The molecule has 12 heavy (non-hydrogen) atoms. The summed E-state index contributed by atoms with van der Waals surface area (Å²) >= 11 is 0. The fraction of sp³-hybridized carbons (Fsp3) is 0.625. The van der Waals surface area contributed by atoms with Gasteiger partial charge in [-0.05, 0) is 7.05 Å². The third-order valence-electron chi connectivity index (χ3n) is 2.43. The van der Waals surface area contributed by atoms with Crippen molar-refractivity contribution in [2.75, 3.05) is 20.1 Å². The van der Waals surface area contributed by atoms with Crippen molar-refractivity contribution in [1.29, 1.82) is 0 Å². The molecule has 0 saturated carbocycles. The van der Waals surface area contributed by atoms with Crippen molar-refractivity contribution in [3.8, 4) is 0 Å². The van der Waals surface area contributed by atoms with Crippen LogP contribution in [0.4, 0.5) is 0 Å². The van der Waals surface area contributed by atoms with Gasteiger partial charge in [0.2, 0.25) is 0 Å². The van der Waals surface area contributed by atoms with Gasteiger partial charge in [-0.1, -0.05) is 0 Å². The Morgan fingerprint density at radius 1 is 1.83 bits per heavy atom. The molecule has 2 N–H and O–H groups in total. The van der Waals surface area contributed by atoms with E-state index < -0.39 is 0 Å². The van der Waals surface area contributed by atoms with Crippen molar-refractivity contribution in [1.82, 2.24) is 9.88 Å². The molecule has 0 aliphatic carbocycles. The number of rotatable bonds is 1. The molecular weight excluding hydrogens is 154 g/mol. The third-order valence-corrected chi connectivity index (χ3v) is 2.43. The van der Waals surface area contributed by atoms with Gasteiger partial charge in [0.1, 0.15) is 5.76 Å². The number of aromatic nitrogens is 1. The smallest absolute Gasteiger partial charge is 0.181 e. The highest BCUT2D eigenvalue weighted by Gasteiger charge is 2.27. The zero-order chi connectivity index (χ0) is 8.55. The fourth-order valence-corrected chi connectivity index (χ4v) is 1.66. The van der Waals surface area contributed by atoms with Gasteiger partial charge in [0.05, 0.1) is 11.7 Å². The fourth-order valence-electron chi connectivity index (χ4n) is 1.66. The van der Waals surface area contributed by atoms with E-state index in [0.29, 0.717) is 6.54 Å². The molecule has 4 nitrogen and oxygen atoms in total. The van der Waals surface area contributed by atoms with Gasteiger partial charge in [-0.3, -0.25) is 4.90 Å². The summed E-state index contributed by atoms with van der Waals surface area (Å²) < 4.78 is 5.30. The SMILES string of the molecule is CN1CCc2ncoc2C1CN. The van der Waals surface area contributed by atoms with Crippen molar-refractivity contribution in [2.45, 2.75) is 12.5 Å². The lowest BCUT2D eigenvalue weighted by Crippen LogP contribution is -2.36. The topological polar surface area (TPSA) is 55.3 Å². The average molecular weight is 167 g/mol. The molecule has 4 heteroatoms. The number of hydrogen-bond acceptors (Lipinski definition) is 4. The summed E-state index contributed by atoms with van der Waals surface area (Å²) in [4.78, 5) is 6.34. The molecule has 2 rings (SSSR count). The number of fused-ring (bicyclic) bond motifs is 1. The molecule has 1 aliphatic heterocycles.